The van der Waals surface area contributed by atoms with Crippen LogP contribution in [0.4, 0.5) is 5.82 Å². The zero-order valence-corrected chi connectivity index (χ0v) is 15.1. The third-order valence-corrected chi connectivity index (χ3v) is 5.06. The van der Waals surface area contributed by atoms with E-state index in [9.17, 15) is 0 Å². The fourth-order valence-corrected chi connectivity index (χ4v) is 3.41. The molecule has 8 heteroatoms. The molecule has 0 bridgehead atoms. The molecular weight excluding hydrogens is 340 g/mol. The molecule has 0 spiro atoms. The molecule has 8 nitrogen and oxygen atoms in total. The highest BCUT2D eigenvalue weighted by Gasteiger charge is 2.25. The molecule has 4 aromatic rings. The largest absolute Gasteiger partial charge is 0.361 e. The van der Waals surface area contributed by atoms with Crippen molar-refractivity contribution in [3.8, 4) is 11.4 Å². The van der Waals surface area contributed by atoms with Crippen molar-refractivity contribution in [1.29, 1.82) is 0 Å². The summed E-state index contributed by atoms with van der Waals surface area (Å²) < 4.78 is 3.51. The Labute approximate surface area is 156 Å². The standard InChI is InChI=1S/C19H20N8/c1-26-12-21-16(24-26)11-20-18-15(13-8-5-9-13)10-17-22-23-19(27(17)25-18)14-6-3-2-4-7-14/h2-4,6-7,10,12-13H,5,8-9,11H2,1H3,(H,20,25). The minimum Gasteiger partial charge on any atom is -0.361 e. The van der Waals surface area contributed by atoms with Crippen molar-refractivity contribution in [1.82, 2.24) is 34.6 Å². The van der Waals surface area contributed by atoms with Gasteiger partial charge < -0.3 is 5.32 Å². The highest BCUT2D eigenvalue weighted by Crippen LogP contribution is 2.39. The summed E-state index contributed by atoms with van der Waals surface area (Å²) in [4.78, 5) is 4.29. The number of hydrogen-bond acceptors (Lipinski definition) is 6. The van der Waals surface area contributed by atoms with Crippen LogP contribution in [0.3, 0.4) is 0 Å². The molecule has 1 N–H and O–H groups in total. The molecule has 1 aromatic carbocycles. The maximum absolute atomic E-state index is 4.85. The number of nitrogens with one attached hydrogen (secondary N) is 1. The highest BCUT2D eigenvalue weighted by molar-refractivity contribution is 5.61. The van der Waals surface area contributed by atoms with Crippen LogP contribution in [0.5, 0.6) is 0 Å². The van der Waals surface area contributed by atoms with Crippen molar-refractivity contribution in [3.05, 3.63) is 54.1 Å². The van der Waals surface area contributed by atoms with E-state index in [4.69, 9.17) is 5.10 Å². The molecule has 27 heavy (non-hydrogen) atoms. The van der Waals surface area contributed by atoms with Crippen molar-refractivity contribution >= 4 is 11.5 Å². The van der Waals surface area contributed by atoms with Gasteiger partial charge in [0.1, 0.15) is 6.33 Å². The summed E-state index contributed by atoms with van der Waals surface area (Å²) in [6, 6.07) is 12.1. The second-order valence-electron chi connectivity index (χ2n) is 6.92. The van der Waals surface area contributed by atoms with Gasteiger partial charge in [-0.05, 0) is 24.8 Å². The smallest absolute Gasteiger partial charge is 0.185 e. The summed E-state index contributed by atoms with van der Waals surface area (Å²) in [7, 11) is 1.86. The van der Waals surface area contributed by atoms with Gasteiger partial charge in [0, 0.05) is 18.2 Å². The van der Waals surface area contributed by atoms with Gasteiger partial charge in [-0.2, -0.15) is 9.61 Å². The van der Waals surface area contributed by atoms with Crippen LogP contribution in [-0.2, 0) is 13.6 Å². The van der Waals surface area contributed by atoms with Crippen LogP contribution in [-0.4, -0.2) is 34.6 Å². The van der Waals surface area contributed by atoms with Gasteiger partial charge >= 0.3 is 0 Å². The van der Waals surface area contributed by atoms with Gasteiger partial charge in [-0.1, -0.05) is 36.8 Å². The Hall–Kier alpha value is -3.29. The van der Waals surface area contributed by atoms with E-state index in [1.54, 1.807) is 11.0 Å². The summed E-state index contributed by atoms with van der Waals surface area (Å²) in [6.45, 7) is 0.530. The lowest BCUT2D eigenvalue weighted by Crippen LogP contribution is -2.15. The first-order valence-electron chi connectivity index (χ1n) is 9.18. The lowest BCUT2D eigenvalue weighted by atomic mass is 9.80. The van der Waals surface area contributed by atoms with Crippen molar-refractivity contribution < 1.29 is 0 Å². The molecule has 0 unspecified atom stereocenters. The fourth-order valence-electron chi connectivity index (χ4n) is 3.41. The first kappa shape index (κ1) is 15.9. The molecule has 1 saturated carbocycles. The SMILES string of the molecule is Cn1cnc(CNc2nn3c(-c4ccccc4)nnc3cc2C2CCC2)n1. The molecule has 0 aliphatic heterocycles. The second kappa shape index (κ2) is 6.46. The fraction of sp³-hybridized carbons (Fsp3) is 0.316. The summed E-state index contributed by atoms with van der Waals surface area (Å²) >= 11 is 0. The maximum Gasteiger partial charge on any atom is 0.185 e. The Morgan fingerprint density at radius 2 is 1.96 bits per heavy atom. The lowest BCUT2D eigenvalue weighted by Gasteiger charge is -2.27. The van der Waals surface area contributed by atoms with Crippen molar-refractivity contribution in [2.45, 2.75) is 31.7 Å². The first-order chi connectivity index (χ1) is 13.3. The van der Waals surface area contributed by atoms with Gasteiger partial charge in [0.15, 0.2) is 23.1 Å². The minimum atomic E-state index is 0.526. The maximum atomic E-state index is 4.85. The predicted molar refractivity (Wildman–Crippen MR) is 101 cm³/mol. The van der Waals surface area contributed by atoms with Gasteiger partial charge in [0.05, 0.1) is 6.54 Å². The van der Waals surface area contributed by atoms with Crippen LogP contribution in [0.15, 0.2) is 42.7 Å². The Kier molecular flexibility index (Phi) is 3.81. The number of hydrogen-bond donors (Lipinski definition) is 1. The van der Waals surface area contributed by atoms with Crippen LogP contribution < -0.4 is 5.32 Å². The molecular formula is C19H20N8. The summed E-state index contributed by atoms with van der Waals surface area (Å²) in [5.74, 6) is 2.87. The van der Waals surface area contributed by atoms with Crippen molar-refractivity contribution in [2.24, 2.45) is 7.05 Å². The van der Waals surface area contributed by atoms with Gasteiger partial charge in [-0.3, -0.25) is 4.68 Å². The molecule has 0 radical (unpaired) electrons. The number of aryl methyl sites for hydroxylation is 1. The Balaban J connectivity index is 1.55. The zero-order valence-electron chi connectivity index (χ0n) is 15.1. The first-order valence-corrected chi connectivity index (χ1v) is 9.18. The number of benzene rings is 1. The van der Waals surface area contributed by atoms with E-state index in [0.29, 0.717) is 12.5 Å². The molecule has 0 atom stereocenters. The summed E-state index contributed by atoms with van der Waals surface area (Å²) in [5, 5.41) is 21.3. The number of fused-ring (bicyclic) bond motifs is 1. The van der Waals surface area contributed by atoms with Gasteiger partial charge in [-0.15, -0.1) is 15.3 Å². The summed E-state index contributed by atoms with van der Waals surface area (Å²) in [5.41, 5.74) is 2.97. The van der Waals surface area contributed by atoms with Gasteiger partial charge in [-0.25, -0.2) is 4.98 Å². The quantitative estimate of drug-likeness (QED) is 0.589. The van der Waals surface area contributed by atoms with Gasteiger partial charge in [0.2, 0.25) is 0 Å². The predicted octanol–water partition coefficient (Wildman–Crippen LogP) is 2.80. The molecule has 1 fully saturated rings. The number of aromatic nitrogens is 7. The highest BCUT2D eigenvalue weighted by atomic mass is 15.4. The molecule has 0 amide bonds. The van der Waals surface area contributed by atoms with Crippen molar-refractivity contribution in [2.75, 3.05) is 5.32 Å². The van der Waals surface area contributed by atoms with Crippen LogP contribution >= 0.6 is 0 Å². The van der Waals surface area contributed by atoms with E-state index < -0.39 is 0 Å². The molecule has 1 aliphatic rings. The normalized spacial score (nSPS) is 14.4. The van der Waals surface area contributed by atoms with E-state index in [-0.39, 0.29) is 0 Å². The Morgan fingerprint density at radius 1 is 1.11 bits per heavy atom. The van der Waals surface area contributed by atoms with Crippen LogP contribution in [0.1, 0.15) is 36.6 Å². The minimum absolute atomic E-state index is 0.526. The van der Waals surface area contributed by atoms with E-state index in [2.05, 4.69) is 31.7 Å². The molecule has 5 rings (SSSR count). The average Bonchev–Trinajstić information content (AvgIpc) is 3.25. The molecule has 0 saturated heterocycles. The van der Waals surface area contributed by atoms with E-state index in [0.717, 1.165) is 28.7 Å². The van der Waals surface area contributed by atoms with E-state index in [1.165, 1.54) is 24.8 Å². The number of nitrogens with zero attached hydrogens (tertiary/aromatic N) is 7. The van der Waals surface area contributed by atoms with Crippen LogP contribution in [0.2, 0.25) is 0 Å². The van der Waals surface area contributed by atoms with Gasteiger partial charge in [0.25, 0.3) is 0 Å². The lowest BCUT2D eigenvalue weighted by molar-refractivity contribution is 0.419. The molecule has 1 aliphatic carbocycles. The number of anilines is 1. The Bertz CT molecular complexity index is 1080. The van der Waals surface area contributed by atoms with E-state index in [1.807, 2.05) is 41.9 Å². The average molecular weight is 360 g/mol. The molecule has 136 valence electrons. The van der Waals surface area contributed by atoms with Crippen LogP contribution in [0, 0.1) is 0 Å². The Morgan fingerprint density at radius 3 is 2.67 bits per heavy atom. The third kappa shape index (κ3) is 2.92. The zero-order chi connectivity index (χ0) is 18.2. The second-order valence-corrected chi connectivity index (χ2v) is 6.92. The summed E-state index contributed by atoms with van der Waals surface area (Å²) in [6.07, 6.45) is 5.34. The van der Waals surface area contributed by atoms with Crippen LogP contribution in [0.25, 0.3) is 17.0 Å². The monoisotopic (exact) mass is 360 g/mol. The number of rotatable bonds is 5. The van der Waals surface area contributed by atoms with Crippen molar-refractivity contribution in [3.63, 3.8) is 0 Å². The van der Waals surface area contributed by atoms with E-state index >= 15 is 0 Å². The third-order valence-electron chi connectivity index (χ3n) is 5.06. The molecule has 3 aromatic heterocycles. The molecule has 3 heterocycles. The topological polar surface area (TPSA) is 85.8 Å².